The number of benzene rings is 2. The summed E-state index contributed by atoms with van der Waals surface area (Å²) < 4.78 is 0. The number of hydrogen-bond acceptors (Lipinski definition) is 6. The van der Waals surface area contributed by atoms with Gasteiger partial charge < -0.3 is 10.2 Å². The molecule has 0 bridgehead atoms. The van der Waals surface area contributed by atoms with Crippen LogP contribution in [0.2, 0.25) is 10.0 Å². The lowest BCUT2D eigenvalue weighted by molar-refractivity contribution is -0.383. The molecule has 0 fully saturated rings. The Kier molecular flexibility index (Phi) is 5.73. The van der Waals surface area contributed by atoms with Crippen molar-refractivity contribution >= 4 is 46.2 Å². The van der Waals surface area contributed by atoms with Gasteiger partial charge in [0.2, 0.25) is 11.6 Å². The highest BCUT2D eigenvalue weighted by Gasteiger charge is 2.26. The van der Waals surface area contributed by atoms with Crippen LogP contribution in [0.15, 0.2) is 54.9 Å². The third-order valence-electron chi connectivity index (χ3n) is 3.81. The molecule has 0 saturated heterocycles. The van der Waals surface area contributed by atoms with Crippen molar-refractivity contribution in [3.05, 3.63) is 80.6 Å². The average Bonchev–Trinajstić information content (AvgIpc) is 2.66. The van der Waals surface area contributed by atoms with Gasteiger partial charge in [0, 0.05) is 13.6 Å². The Morgan fingerprint density at radius 1 is 1.11 bits per heavy atom. The Labute approximate surface area is 165 Å². The van der Waals surface area contributed by atoms with Crippen LogP contribution in [0.5, 0.6) is 0 Å². The van der Waals surface area contributed by atoms with Crippen molar-refractivity contribution in [2.75, 3.05) is 17.3 Å². The molecule has 0 aliphatic carbocycles. The molecule has 3 rings (SSSR count). The van der Waals surface area contributed by atoms with Gasteiger partial charge in [-0.05, 0) is 17.7 Å². The van der Waals surface area contributed by atoms with Crippen LogP contribution in [0.25, 0.3) is 0 Å². The number of nitrogens with zero attached hydrogens (tertiary/aromatic N) is 4. The lowest BCUT2D eigenvalue weighted by atomic mass is 10.2. The molecule has 9 heteroatoms. The zero-order valence-electron chi connectivity index (χ0n) is 14.3. The Hall–Kier alpha value is -2.90. The lowest BCUT2D eigenvalue weighted by Gasteiger charge is -2.19. The fraction of sp³-hybridized carbons (Fsp3) is 0.111. The molecule has 27 heavy (non-hydrogen) atoms. The number of aromatic nitrogens is 2. The third kappa shape index (κ3) is 4.27. The SMILES string of the molecule is CN(Cc1ccccc1)c1ncnc(Nc2cccc(Cl)c2Cl)c1[N+](=O)[O-]. The predicted octanol–water partition coefficient (Wildman–Crippen LogP) is 5.07. The van der Waals surface area contributed by atoms with Gasteiger partial charge in [-0.3, -0.25) is 10.1 Å². The van der Waals surface area contributed by atoms with E-state index in [2.05, 4.69) is 15.3 Å². The van der Waals surface area contributed by atoms with Crippen LogP contribution in [0.3, 0.4) is 0 Å². The molecular weight excluding hydrogens is 389 g/mol. The monoisotopic (exact) mass is 403 g/mol. The molecule has 0 spiro atoms. The Morgan fingerprint density at radius 3 is 2.56 bits per heavy atom. The summed E-state index contributed by atoms with van der Waals surface area (Å²) in [6.45, 7) is 0.454. The summed E-state index contributed by atoms with van der Waals surface area (Å²) in [6.07, 6.45) is 1.27. The fourth-order valence-corrected chi connectivity index (χ4v) is 2.92. The first-order valence-corrected chi connectivity index (χ1v) is 8.68. The smallest absolute Gasteiger partial charge is 0.349 e. The number of hydrogen-bond donors (Lipinski definition) is 1. The molecule has 2 aromatic carbocycles. The molecule has 0 atom stereocenters. The Balaban J connectivity index is 1.97. The molecule has 7 nitrogen and oxygen atoms in total. The Morgan fingerprint density at radius 2 is 1.85 bits per heavy atom. The third-order valence-corrected chi connectivity index (χ3v) is 4.63. The highest BCUT2D eigenvalue weighted by Crippen LogP contribution is 2.37. The van der Waals surface area contributed by atoms with Crippen LogP contribution in [-0.2, 0) is 6.54 Å². The molecule has 0 amide bonds. The van der Waals surface area contributed by atoms with Crippen LogP contribution in [0.1, 0.15) is 5.56 Å². The van der Waals surface area contributed by atoms with E-state index in [9.17, 15) is 10.1 Å². The fourth-order valence-electron chi connectivity index (χ4n) is 2.57. The maximum atomic E-state index is 11.7. The van der Waals surface area contributed by atoms with E-state index in [4.69, 9.17) is 23.2 Å². The molecule has 0 aliphatic heterocycles. The number of nitro groups is 1. The van der Waals surface area contributed by atoms with Crippen LogP contribution < -0.4 is 10.2 Å². The van der Waals surface area contributed by atoms with Crippen molar-refractivity contribution in [3.63, 3.8) is 0 Å². The van der Waals surface area contributed by atoms with Gasteiger partial charge in [0.15, 0.2) is 0 Å². The minimum Gasteiger partial charge on any atom is -0.349 e. The summed E-state index contributed by atoms with van der Waals surface area (Å²) in [5, 5.41) is 15.2. The largest absolute Gasteiger partial charge is 0.353 e. The van der Waals surface area contributed by atoms with Crippen LogP contribution in [0.4, 0.5) is 23.0 Å². The highest BCUT2D eigenvalue weighted by molar-refractivity contribution is 6.43. The Bertz CT molecular complexity index is 969. The van der Waals surface area contributed by atoms with Gasteiger partial charge >= 0.3 is 5.69 Å². The van der Waals surface area contributed by atoms with Gasteiger partial charge in [-0.25, -0.2) is 9.97 Å². The van der Waals surface area contributed by atoms with Gasteiger partial charge in [-0.1, -0.05) is 59.6 Å². The second-order valence-corrected chi connectivity index (χ2v) is 6.50. The summed E-state index contributed by atoms with van der Waals surface area (Å²) in [4.78, 5) is 21.1. The maximum absolute atomic E-state index is 11.7. The van der Waals surface area contributed by atoms with Gasteiger partial charge in [-0.2, -0.15) is 0 Å². The zero-order valence-corrected chi connectivity index (χ0v) is 15.8. The second kappa shape index (κ2) is 8.20. The highest BCUT2D eigenvalue weighted by atomic mass is 35.5. The maximum Gasteiger partial charge on any atom is 0.353 e. The molecule has 0 aliphatic rings. The van der Waals surface area contributed by atoms with E-state index in [0.717, 1.165) is 5.56 Å². The molecule has 138 valence electrons. The predicted molar refractivity (Wildman–Crippen MR) is 107 cm³/mol. The first-order valence-electron chi connectivity index (χ1n) is 7.93. The van der Waals surface area contributed by atoms with Gasteiger partial charge in [-0.15, -0.1) is 0 Å². The molecule has 1 aromatic heterocycles. The average molecular weight is 404 g/mol. The summed E-state index contributed by atoms with van der Waals surface area (Å²) in [5.74, 6) is 0.230. The number of nitrogens with one attached hydrogen (secondary N) is 1. The lowest BCUT2D eigenvalue weighted by Crippen LogP contribution is -2.20. The second-order valence-electron chi connectivity index (χ2n) is 5.72. The topological polar surface area (TPSA) is 84.2 Å². The molecule has 1 heterocycles. The molecule has 3 aromatic rings. The van der Waals surface area contributed by atoms with Crippen molar-refractivity contribution in [2.45, 2.75) is 6.54 Å². The molecule has 1 N–H and O–H groups in total. The molecular formula is C18H15Cl2N5O2. The van der Waals surface area contributed by atoms with E-state index in [-0.39, 0.29) is 22.3 Å². The van der Waals surface area contributed by atoms with E-state index in [1.165, 1.54) is 6.33 Å². The summed E-state index contributed by atoms with van der Waals surface area (Å²) in [6, 6.07) is 14.6. The quantitative estimate of drug-likeness (QED) is 0.456. The van der Waals surface area contributed by atoms with E-state index >= 15 is 0 Å². The normalized spacial score (nSPS) is 10.5. The van der Waals surface area contributed by atoms with Crippen molar-refractivity contribution in [1.82, 2.24) is 9.97 Å². The molecule has 0 radical (unpaired) electrons. The minimum absolute atomic E-state index is 0.0362. The van der Waals surface area contributed by atoms with E-state index in [1.54, 1.807) is 30.1 Å². The number of halogens is 2. The number of rotatable bonds is 6. The van der Waals surface area contributed by atoms with E-state index < -0.39 is 4.92 Å². The minimum atomic E-state index is -0.516. The van der Waals surface area contributed by atoms with Crippen molar-refractivity contribution in [2.24, 2.45) is 0 Å². The van der Waals surface area contributed by atoms with E-state index in [0.29, 0.717) is 17.3 Å². The summed E-state index contributed by atoms with van der Waals surface area (Å²) in [7, 11) is 1.73. The van der Waals surface area contributed by atoms with Gasteiger partial charge in [0.05, 0.1) is 20.7 Å². The zero-order chi connectivity index (χ0) is 19.4. The van der Waals surface area contributed by atoms with E-state index in [1.807, 2.05) is 30.3 Å². The van der Waals surface area contributed by atoms with Gasteiger partial charge in [0.1, 0.15) is 6.33 Å². The summed E-state index contributed by atoms with van der Waals surface area (Å²) >= 11 is 12.2. The first-order chi connectivity index (χ1) is 13.0. The first kappa shape index (κ1) is 18.9. The molecule has 0 saturated carbocycles. The van der Waals surface area contributed by atoms with Crippen molar-refractivity contribution in [3.8, 4) is 0 Å². The number of anilines is 3. The standard InChI is InChI=1S/C18H15Cl2N5O2/c1-24(10-12-6-3-2-4-7-12)18-16(25(26)27)17(21-11-22-18)23-14-9-5-8-13(19)15(14)20/h2-9,11H,10H2,1H3,(H,21,22,23). The van der Waals surface area contributed by atoms with Crippen molar-refractivity contribution in [1.29, 1.82) is 0 Å². The summed E-state index contributed by atoms with van der Waals surface area (Å²) in [5.41, 5.74) is 1.18. The molecule has 0 unspecified atom stereocenters. The van der Waals surface area contributed by atoms with Crippen molar-refractivity contribution < 1.29 is 4.92 Å². The van der Waals surface area contributed by atoms with Crippen LogP contribution in [-0.4, -0.2) is 21.9 Å². The van der Waals surface area contributed by atoms with Gasteiger partial charge in [0.25, 0.3) is 0 Å². The van der Waals surface area contributed by atoms with Crippen LogP contribution >= 0.6 is 23.2 Å². The van der Waals surface area contributed by atoms with Crippen LogP contribution in [0, 0.1) is 10.1 Å².